The molecule has 3 fully saturated rings. The molecule has 0 saturated carbocycles. The predicted molar refractivity (Wildman–Crippen MR) is 89.8 cm³/mol. The zero-order chi connectivity index (χ0) is 16.7. The molecular formula is C18H25N3O3. The second kappa shape index (κ2) is 6.24. The van der Waals surface area contributed by atoms with Gasteiger partial charge in [-0.2, -0.15) is 0 Å². The molecule has 3 saturated heterocycles. The summed E-state index contributed by atoms with van der Waals surface area (Å²) in [6.45, 7) is 3.68. The zero-order valence-electron chi connectivity index (χ0n) is 14.2. The molecule has 24 heavy (non-hydrogen) atoms. The summed E-state index contributed by atoms with van der Waals surface area (Å²) in [5.74, 6) is 1.85. The van der Waals surface area contributed by atoms with E-state index in [4.69, 9.17) is 4.74 Å². The second-order valence-electron chi connectivity index (χ2n) is 7.45. The minimum atomic E-state index is -0.0764. The van der Waals surface area contributed by atoms with E-state index in [0.29, 0.717) is 29.5 Å². The smallest absolute Gasteiger partial charge is 0.223 e. The number of aromatic amines is 1. The van der Waals surface area contributed by atoms with E-state index in [-0.39, 0.29) is 5.43 Å². The molecule has 1 amide bonds. The van der Waals surface area contributed by atoms with Crippen molar-refractivity contribution in [1.82, 2.24) is 14.8 Å². The van der Waals surface area contributed by atoms with E-state index in [1.807, 2.05) is 0 Å². The van der Waals surface area contributed by atoms with Crippen molar-refractivity contribution >= 4 is 5.91 Å². The van der Waals surface area contributed by atoms with Gasteiger partial charge in [-0.25, -0.2) is 0 Å². The molecule has 130 valence electrons. The van der Waals surface area contributed by atoms with Gasteiger partial charge in [-0.15, -0.1) is 0 Å². The second-order valence-corrected chi connectivity index (χ2v) is 7.45. The number of aromatic nitrogens is 1. The minimum Gasteiger partial charge on any atom is -0.491 e. The molecular weight excluding hydrogens is 306 g/mol. The average Bonchev–Trinajstić information content (AvgIpc) is 2.56. The highest BCUT2D eigenvalue weighted by Crippen LogP contribution is 2.38. The number of likely N-dealkylation sites (tertiary alicyclic amines) is 1. The first-order valence-electron chi connectivity index (χ1n) is 8.91. The van der Waals surface area contributed by atoms with E-state index in [2.05, 4.69) is 14.8 Å². The van der Waals surface area contributed by atoms with E-state index in [0.717, 1.165) is 51.1 Å². The van der Waals surface area contributed by atoms with Crippen molar-refractivity contribution in [2.75, 3.05) is 26.7 Å². The third-order valence-corrected chi connectivity index (χ3v) is 5.81. The van der Waals surface area contributed by atoms with Crippen LogP contribution in [0.25, 0.3) is 0 Å². The van der Waals surface area contributed by atoms with Gasteiger partial charge in [-0.05, 0) is 31.1 Å². The fraction of sp³-hybridized carbons (Fsp3) is 0.667. The zero-order valence-corrected chi connectivity index (χ0v) is 14.2. The number of carbonyl (C=O) groups excluding carboxylic acids is 1. The van der Waals surface area contributed by atoms with Crippen LogP contribution in [0.15, 0.2) is 17.1 Å². The van der Waals surface area contributed by atoms with Crippen LogP contribution >= 0.6 is 0 Å². The molecule has 0 aromatic carbocycles. The van der Waals surface area contributed by atoms with Gasteiger partial charge in [0, 0.05) is 56.6 Å². The normalized spacial score (nSPS) is 30.1. The molecule has 1 N–H and O–H groups in total. The van der Waals surface area contributed by atoms with Crippen molar-refractivity contribution in [3.63, 3.8) is 0 Å². The number of nitrogens with zero attached hydrogens (tertiary/aromatic N) is 2. The number of hydrogen-bond donors (Lipinski definition) is 1. The first-order valence-corrected chi connectivity index (χ1v) is 8.91. The highest BCUT2D eigenvalue weighted by molar-refractivity contribution is 5.77. The number of hydrogen-bond acceptors (Lipinski definition) is 4. The summed E-state index contributed by atoms with van der Waals surface area (Å²) >= 11 is 0. The van der Waals surface area contributed by atoms with Crippen LogP contribution in [0.4, 0.5) is 0 Å². The van der Waals surface area contributed by atoms with Crippen molar-refractivity contribution in [3.05, 3.63) is 28.2 Å². The SMILES string of the molecule is COc1c[nH]c(CN2C[C@@H]3C[C@H](C2)[C@@H]2CCCC(=O)N2C3)cc1=O. The van der Waals surface area contributed by atoms with Crippen molar-refractivity contribution in [3.8, 4) is 5.75 Å². The summed E-state index contributed by atoms with van der Waals surface area (Å²) < 4.78 is 5.03. The number of nitrogens with one attached hydrogen (secondary N) is 1. The van der Waals surface area contributed by atoms with Gasteiger partial charge in [0.1, 0.15) is 0 Å². The third kappa shape index (κ3) is 2.83. The van der Waals surface area contributed by atoms with E-state index >= 15 is 0 Å². The Balaban J connectivity index is 1.46. The summed E-state index contributed by atoms with van der Waals surface area (Å²) in [4.78, 5) is 31.9. The molecule has 4 rings (SSSR count). The largest absolute Gasteiger partial charge is 0.491 e. The van der Waals surface area contributed by atoms with E-state index in [1.165, 1.54) is 13.5 Å². The summed E-state index contributed by atoms with van der Waals surface area (Å²) in [5, 5.41) is 0. The predicted octanol–water partition coefficient (Wildman–Crippen LogP) is 1.22. The van der Waals surface area contributed by atoms with Crippen LogP contribution in [0, 0.1) is 11.8 Å². The van der Waals surface area contributed by atoms with Gasteiger partial charge in [-0.1, -0.05) is 0 Å². The Labute approximate surface area is 141 Å². The fourth-order valence-corrected chi connectivity index (χ4v) is 4.83. The Morgan fingerprint density at radius 2 is 2.17 bits per heavy atom. The maximum absolute atomic E-state index is 12.2. The van der Waals surface area contributed by atoms with Crippen LogP contribution in [0.2, 0.25) is 0 Å². The van der Waals surface area contributed by atoms with Crippen LogP contribution in [-0.2, 0) is 11.3 Å². The Morgan fingerprint density at radius 1 is 1.29 bits per heavy atom. The molecule has 3 aliphatic rings. The molecule has 0 radical (unpaired) electrons. The maximum atomic E-state index is 12.2. The summed E-state index contributed by atoms with van der Waals surface area (Å²) in [5.41, 5.74) is 0.852. The first kappa shape index (κ1) is 15.7. The third-order valence-electron chi connectivity index (χ3n) is 5.81. The van der Waals surface area contributed by atoms with Crippen molar-refractivity contribution in [1.29, 1.82) is 0 Å². The van der Waals surface area contributed by atoms with Crippen molar-refractivity contribution in [2.24, 2.45) is 11.8 Å². The molecule has 1 aromatic heterocycles. The van der Waals surface area contributed by atoms with Gasteiger partial charge in [0.15, 0.2) is 5.75 Å². The Morgan fingerprint density at radius 3 is 2.96 bits per heavy atom. The standard InChI is InChI=1S/C18H25N3O3/c1-24-17-7-19-14(6-16(17)22)11-20-8-12-5-13(10-20)15-3-2-4-18(23)21(15)9-12/h6-7,12-13,15H,2-5,8-11H2,1H3,(H,19,22)/t12-,13+,15-/m0/s1. The van der Waals surface area contributed by atoms with Crippen molar-refractivity contribution < 1.29 is 9.53 Å². The maximum Gasteiger partial charge on any atom is 0.223 e. The molecule has 0 aliphatic carbocycles. The van der Waals surface area contributed by atoms with E-state index < -0.39 is 0 Å². The Bertz CT molecular complexity index is 686. The van der Waals surface area contributed by atoms with E-state index in [1.54, 1.807) is 12.3 Å². The Hall–Kier alpha value is -1.82. The van der Waals surface area contributed by atoms with Gasteiger partial charge in [-0.3, -0.25) is 14.5 Å². The molecule has 4 heterocycles. The summed E-state index contributed by atoms with van der Waals surface area (Å²) in [7, 11) is 1.51. The summed E-state index contributed by atoms with van der Waals surface area (Å²) in [6, 6.07) is 2.07. The van der Waals surface area contributed by atoms with Crippen LogP contribution in [0.5, 0.6) is 5.75 Å². The highest BCUT2D eigenvalue weighted by Gasteiger charge is 2.43. The topological polar surface area (TPSA) is 65.6 Å². The van der Waals surface area contributed by atoms with Gasteiger partial charge >= 0.3 is 0 Å². The monoisotopic (exact) mass is 331 g/mol. The molecule has 1 aromatic rings. The lowest BCUT2D eigenvalue weighted by molar-refractivity contribution is -0.145. The number of carbonyl (C=O) groups is 1. The lowest BCUT2D eigenvalue weighted by Gasteiger charge is -2.52. The number of fused-ring (bicyclic) bond motifs is 4. The van der Waals surface area contributed by atoms with E-state index in [9.17, 15) is 9.59 Å². The van der Waals surface area contributed by atoms with Crippen LogP contribution in [0.3, 0.4) is 0 Å². The van der Waals surface area contributed by atoms with Gasteiger partial charge in [0.2, 0.25) is 11.3 Å². The number of rotatable bonds is 3. The molecule has 2 bridgehead atoms. The number of H-pyrrole nitrogens is 1. The molecule has 0 unspecified atom stereocenters. The van der Waals surface area contributed by atoms with Crippen LogP contribution < -0.4 is 10.2 Å². The number of amides is 1. The highest BCUT2D eigenvalue weighted by atomic mass is 16.5. The van der Waals surface area contributed by atoms with Gasteiger partial charge < -0.3 is 14.6 Å². The first-order chi connectivity index (χ1) is 11.6. The molecule has 3 aliphatic heterocycles. The van der Waals surface area contributed by atoms with Crippen molar-refractivity contribution in [2.45, 2.75) is 38.3 Å². The van der Waals surface area contributed by atoms with Gasteiger partial charge in [0.25, 0.3) is 0 Å². The number of ether oxygens (including phenoxy) is 1. The van der Waals surface area contributed by atoms with Gasteiger partial charge in [0.05, 0.1) is 7.11 Å². The summed E-state index contributed by atoms with van der Waals surface area (Å²) in [6.07, 6.45) is 5.80. The minimum absolute atomic E-state index is 0.0764. The Kier molecular flexibility index (Phi) is 4.08. The lowest BCUT2D eigenvalue weighted by Crippen LogP contribution is -2.60. The fourth-order valence-electron chi connectivity index (χ4n) is 4.83. The molecule has 6 heteroatoms. The number of methoxy groups -OCH3 is 1. The lowest BCUT2D eigenvalue weighted by atomic mass is 9.76. The number of pyridine rings is 1. The quantitative estimate of drug-likeness (QED) is 0.904. The average molecular weight is 331 g/mol. The number of piperidine rings is 3. The van der Waals surface area contributed by atoms with Crippen LogP contribution in [-0.4, -0.2) is 53.5 Å². The molecule has 0 spiro atoms. The van der Waals surface area contributed by atoms with Crippen LogP contribution in [0.1, 0.15) is 31.4 Å². The molecule has 3 atom stereocenters. The molecule has 6 nitrogen and oxygen atoms in total.